The van der Waals surface area contributed by atoms with E-state index in [1.165, 1.54) is 10.6 Å². The van der Waals surface area contributed by atoms with Gasteiger partial charge in [0, 0.05) is 17.1 Å². The lowest BCUT2D eigenvalue weighted by atomic mass is 10.3. The van der Waals surface area contributed by atoms with Crippen LogP contribution in [0.3, 0.4) is 0 Å². The average molecular weight is 328 g/mol. The number of furan rings is 1. The summed E-state index contributed by atoms with van der Waals surface area (Å²) in [6, 6.07) is 12.4. The van der Waals surface area contributed by atoms with Crippen molar-refractivity contribution >= 4 is 17.2 Å². The fourth-order valence-corrected chi connectivity index (χ4v) is 2.97. The van der Waals surface area contributed by atoms with Crippen LogP contribution in [0, 0.1) is 0 Å². The Morgan fingerprint density at radius 1 is 1.13 bits per heavy atom. The van der Waals surface area contributed by atoms with Gasteiger partial charge in [0.25, 0.3) is 5.56 Å². The number of carbonyl (C=O) groups is 1. The molecule has 0 aromatic carbocycles. The first kappa shape index (κ1) is 15.3. The molecule has 3 heterocycles. The van der Waals surface area contributed by atoms with Crippen molar-refractivity contribution < 1.29 is 9.21 Å². The number of hydrogen-bond donors (Lipinski definition) is 0. The molecule has 6 heteroatoms. The predicted octanol–water partition coefficient (Wildman–Crippen LogP) is 2.73. The summed E-state index contributed by atoms with van der Waals surface area (Å²) in [7, 11) is 0. The fourth-order valence-electron chi connectivity index (χ4n) is 2.25. The van der Waals surface area contributed by atoms with E-state index in [9.17, 15) is 9.59 Å². The van der Waals surface area contributed by atoms with Gasteiger partial charge in [0.15, 0.2) is 0 Å². The molecule has 0 spiro atoms. The van der Waals surface area contributed by atoms with Crippen molar-refractivity contribution in [2.45, 2.75) is 19.6 Å². The van der Waals surface area contributed by atoms with Crippen molar-refractivity contribution in [2.24, 2.45) is 0 Å². The molecule has 3 aromatic rings. The highest BCUT2D eigenvalue weighted by Gasteiger charge is 2.17. The van der Waals surface area contributed by atoms with Gasteiger partial charge in [-0.25, -0.2) is 0 Å². The first-order valence-electron chi connectivity index (χ1n) is 7.20. The Labute approximate surface area is 137 Å². The van der Waals surface area contributed by atoms with Crippen LogP contribution in [0.25, 0.3) is 0 Å². The maximum atomic E-state index is 12.6. The van der Waals surface area contributed by atoms with Crippen LogP contribution in [0.2, 0.25) is 0 Å². The zero-order valence-corrected chi connectivity index (χ0v) is 13.2. The molecule has 0 radical (unpaired) electrons. The third kappa shape index (κ3) is 3.98. The monoisotopic (exact) mass is 328 g/mol. The van der Waals surface area contributed by atoms with Crippen molar-refractivity contribution in [3.05, 3.63) is 81.3 Å². The van der Waals surface area contributed by atoms with Gasteiger partial charge in [-0.2, -0.15) is 0 Å². The van der Waals surface area contributed by atoms with Crippen LogP contribution >= 0.6 is 11.3 Å². The quantitative estimate of drug-likeness (QED) is 0.699. The lowest BCUT2D eigenvalue weighted by Gasteiger charge is -2.21. The lowest BCUT2D eigenvalue weighted by Crippen LogP contribution is -2.35. The van der Waals surface area contributed by atoms with Crippen molar-refractivity contribution in [3.63, 3.8) is 0 Å². The highest BCUT2D eigenvalue weighted by molar-refractivity contribution is 7.09. The second kappa shape index (κ2) is 7.11. The molecule has 0 unspecified atom stereocenters. The van der Waals surface area contributed by atoms with Gasteiger partial charge in [-0.3, -0.25) is 9.59 Å². The van der Waals surface area contributed by atoms with Crippen LogP contribution < -0.4 is 5.56 Å². The zero-order valence-electron chi connectivity index (χ0n) is 12.4. The number of rotatable bonds is 6. The lowest BCUT2D eigenvalue weighted by molar-refractivity contribution is -0.133. The third-order valence-corrected chi connectivity index (χ3v) is 4.27. The number of aromatic nitrogens is 1. The molecule has 0 bridgehead atoms. The molecule has 0 atom stereocenters. The SMILES string of the molecule is O=C(Cn1ccccc1=O)N(Cc1ccco1)Cc1cccs1. The van der Waals surface area contributed by atoms with Crippen LogP contribution in [0.5, 0.6) is 0 Å². The standard InChI is InChI=1S/C17H16N2O3S/c20-16-7-1-2-8-18(16)13-17(21)19(11-14-5-3-9-22-14)12-15-6-4-10-23-15/h1-10H,11-13H2. The summed E-state index contributed by atoms with van der Waals surface area (Å²) in [4.78, 5) is 27.2. The minimum Gasteiger partial charge on any atom is -0.467 e. The number of carbonyl (C=O) groups excluding carboxylic acids is 1. The van der Waals surface area contributed by atoms with Gasteiger partial charge in [-0.1, -0.05) is 12.1 Å². The second-order valence-electron chi connectivity index (χ2n) is 5.08. The summed E-state index contributed by atoms with van der Waals surface area (Å²) in [6.07, 6.45) is 3.21. The molecule has 118 valence electrons. The van der Waals surface area contributed by atoms with E-state index in [0.717, 1.165) is 10.6 Å². The predicted molar refractivity (Wildman–Crippen MR) is 88.0 cm³/mol. The van der Waals surface area contributed by atoms with Crippen LogP contribution in [0.4, 0.5) is 0 Å². The zero-order chi connectivity index (χ0) is 16.1. The van der Waals surface area contributed by atoms with Crippen LogP contribution in [0.1, 0.15) is 10.6 Å². The Morgan fingerprint density at radius 3 is 2.74 bits per heavy atom. The maximum absolute atomic E-state index is 12.6. The summed E-state index contributed by atoms with van der Waals surface area (Å²) in [6.45, 7) is 0.899. The van der Waals surface area contributed by atoms with Gasteiger partial charge in [-0.15, -0.1) is 11.3 Å². The highest BCUT2D eigenvalue weighted by atomic mass is 32.1. The number of nitrogens with zero attached hydrogens (tertiary/aromatic N) is 2. The van der Waals surface area contributed by atoms with Gasteiger partial charge in [0.1, 0.15) is 12.3 Å². The summed E-state index contributed by atoms with van der Waals surface area (Å²) in [5.41, 5.74) is -0.185. The minimum absolute atomic E-state index is 0.0196. The van der Waals surface area contributed by atoms with E-state index < -0.39 is 0 Å². The maximum Gasteiger partial charge on any atom is 0.250 e. The molecular weight excluding hydrogens is 312 g/mol. The van der Waals surface area contributed by atoms with Crippen molar-refractivity contribution in [1.29, 1.82) is 0 Å². The molecule has 23 heavy (non-hydrogen) atoms. The Balaban J connectivity index is 1.77. The van der Waals surface area contributed by atoms with Gasteiger partial charge in [-0.05, 0) is 29.6 Å². The largest absolute Gasteiger partial charge is 0.467 e. The molecular formula is C17H16N2O3S. The molecule has 5 nitrogen and oxygen atoms in total. The van der Waals surface area contributed by atoms with Gasteiger partial charge in [0.2, 0.25) is 5.91 Å². The van der Waals surface area contributed by atoms with Gasteiger partial charge in [0.05, 0.1) is 19.4 Å². The van der Waals surface area contributed by atoms with E-state index in [1.54, 1.807) is 46.9 Å². The van der Waals surface area contributed by atoms with Crippen molar-refractivity contribution in [1.82, 2.24) is 9.47 Å². The number of pyridine rings is 1. The third-order valence-electron chi connectivity index (χ3n) is 3.41. The molecule has 0 fully saturated rings. The molecule has 0 saturated carbocycles. The molecule has 0 N–H and O–H groups in total. The Hall–Kier alpha value is -2.60. The normalized spacial score (nSPS) is 10.6. The van der Waals surface area contributed by atoms with Gasteiger partial charge >= 0.3 is 0 Å². The number of amides is 1. The molecule has 0 aliphatic rings. The Kier molecular flexibility index (Phi) is 4.73. The topological polar surface area (TPSA) is 55.5 Å². The average Bonchev–Trinajstić information content (AvgIpc) is 3.22. The molecule has 3 aromatic heterocycles. The van der Waals surface area contributed by atoms with E-state index >= 15 is 0 Å². The molecule has 0 saturated heterocycles. The molecule has 1 amide bonds. The molecule has 0 aliphatic carbocycles. The van der Waals surface area contributed by atoms with E-state index in [-0.39, 0.29) is 18.0 Å². The first-order chi connectivity index (χ1) is 11.2. The van der Waals surface area contributed by atoms with E-state index in [1.807, 2.05) is 23.6 Å². The molecule has 0 aliphatic heterocycles. The number of thiophene rings is 1. The van der Waals surface area contributed by atoms with Gasteiger partial charge < -0.3 is 13.9 Å². The summed E-state index contributed by atoms with van der Waals surface area (Å²) in [5.74, 6) is 0.596. The summed E-state index contributed by atoms with van der Waals surface area (Å²) in [5, 5.41) is 1.98. The smallest absolute Gasteiger partial charge is 0.250 e. The van der Waals surface area contributed by atoms with Crippen molar-refractivity contribution in [3.8, 4) is 0 Å². The highest BCUT2D eigenvalue weighted by Crippen LogP contribution is 2.15. The van der Waals surface area contributed by atoms with E-state index in [0.29, 0.717) is 13.1 Å². The first-order valence-corrected chi connectivity index (χ1v) is 8.08. The van der Waals surface area contributed by atoms with Crippen LogP contribution in [0.15, 0.2) is 69.5 Å². The van der Waals surface area contributed by atoms with Crippen LogP contribution in [-0.4, -0.2) is 15.4 Å². The van der Waals surface area contributed by atoms with Crippen molar-refractivity contribution in [2.75, 3.05) is 0 Å². The Bertz CT molecular complexity index is 770. The summed E-state index contributed by atoms with van der Waals surface area (Å²) >= 11 is 1.60. The Morgan fingerprint density at radius 2 is 2.04 bits per heavy atom. The van der Waals surface area contributed by atoms with E-state index in [2.05, 4.69) is 0 Å². The fraction of sp³-hybridized carbons (Fsp3) is 0.176. The minimum atomic E-state index is -0.185. The second-order valence-corrected chi connectivity index (χ2v) is 6.11. The molecule has 3 rings (SSSR count). The van der Waals surface area contributed by atoms with Crippen LogP contribution in [-0.2, 0) is 24.4 Å². The van der Waals surface area contributed by atoms with E-state index in [4.69, 9.17) is 4.42 Å². The summed E-state index contributed by atoms with van der Waals surface area (Å²) < 4.78 is 6.76. The number of hydrogen-bond acceptors (Lipinski definition) is 4.